The second-order valence-corrected chi connectivity index (χ2v) is 6.18. The third-order valence-corrected chi connectivity index (χ3v) is 4.34. The number of halogens is 2. The number of hydrogen-bond acceptors (Lipinski definition) is 3. The molecule has 2 aromatic carbocycles. The molecule has 7 heteroatoms. The molecule has 1 aromatic heterocycles. The summed E-state index contributed by atoms with van der Waals surface area (Å²) in [7, 11) is 0. The molecule has 5 nitrogen and oxygen atoms in total. The summed E-state index contributed by atoms with van der Waals surface area (Å²) in [6.07, 6.45) is 0. The number of hydrogen-bond donors (Lipinski definition) is 1. The molecule has 1 heterocycles. The lowest BCUT2D eigenvalue weighted by Gasteiger charge is -2.14. The van der Waals surface area contributed by atoms with Gasteiger partial charge in [-0.25, -0.2) is 4.79 Å². The second kappa shape index (κ2) is 6.71. The van der Waals surface area contributed by atoms with Crippen LogP contribution in [0.5, 0.6) is 0 Å². The highest BCUT2D eigenvalue weighted by molar-refractivity contribution is 6.35. The van der Waals surface area contributed by atoms with E-state index in [1.54, 1.807) is 49.4 Å². The molecule has 3 aromatic rings. The molecule has 1 atom stereocenters. The fraction of sp³-hybridized carbons (Fsp3) is 0.176. The predicted molar refractivity (Wildman–Crippen MR) is 93.5 cm³/mol. The Labute approximate surface area is 147 Å². The SMILES string of the molecule is CC(C(=O)NCc1ccc(Cl)cc1Cl)n1c(=O)oc2ccccc21. The molecule has 1 amide bonds. The lowest BCUT2D eigenvalue weighted by atomic mass is 10.2. The van der Waals surface area contributed by atoms with E-state index >= 15 is 0 Å². The number of carbonyl (C=O) groups is 1. The normalized spacial score (nSPS) is 12.3. The van der Waals surface area contributed by atoms with Crippen LogP contribution in [0, 0.1) is 0 Å². The summed E-state index contributed by atoms with van der Waals surface area (Å²) in [6, 6.07) is 11.3. The van der Waals surface area contributed by atoms with Crippen molar-refractivity contribution >= 4 is 40.2 Å². The largest absolute Gasteiger partial charge is 0.420 e. The molecular weight excluding hydrogens is 351 g/mol. The maximum atomic E-state index is 12.4. The Morgan fingerprint density at radius 3 is 2.75 bits per heavy atom. The first-order valence-electron chi connectivity index (χ1n) is 7.29. The van der Waals surface area contributed by atoms with E-state index in [0.29, 0.717) is 21.1 Å². The number of nitrogens with zero attached hydrogens (tertiary/aromatic N) is 1. The average molecular weight is 365 g/mol. The quantitative estimate of drug-likeness (QED) is 0.765. The van der Waals surface area contributed by atoms with Crippen LogP contribution >= 0.6 is 23.2 Å². The number of para-hydroxylation sites is 2. The first-order valence-corrected chi connectivity index (χ1v) is 8.04. The molecule has 24 heavy (non-hydrogen) atoms. The number of benzene rings is 2. The summed E-state index contributed by atoms with van der Waals surface area (Å²) < 4.78 is 6.48. The Bertz CT molecular complexity index is 962. The van der Waals surface area contributed by atoms with Gasteiger partial charge in [0, 0.05) is 16.6 Å². The van der Waals surface area contributed by atoms with Crippen molar-refractivity contribution in [2.75, 3.05) is 0 Å². The maximum absolute atomic E-state index is 12.4. The van der Waals surface area contributed by atoms with E-state index < -0.39 is 11.8 Å². The molecular formula is C17H14Cl2N2O3. The van der Waals surface area contributed by atoms with E-state index in [4.69, 9.17) is 27.6 Å². The number of amides is 1. The second-order valence-electron chi connectivity index (χ2n) is 5.34. The van der Waals surface area contributed by atoms with Crippen molar-refractivity contribution in [3.8, 4) is 0 Å². The van der Waals surface area contributed by atoms with Crippen molar-refractivity contribution < 1.29 is 9.21 Å². The number of nitrogens with one attached hydrogen (secondary N) is 1. The van der Waals surface area contributed by atoms with Gasteiger partial charge in [0.25, 0.3) is 0 Å². The first kappa shape index (κ1) is 16.6. The molecule has 0 bridgehead atoms. The van der Waals surface area contributed by atoms with E-state index in [1.807, 2.05) is 0 Å². The Morgan fingerprint density at radius 2 is 2.00 bits per heavy atom. The van der Waals surface area contributed by atoms with Gasteiger partial charge in [-0.1, -0.05) is 41.4 Å². The number of aromatic nitrogens is 1. The van der Waals surface area contributed by atoms with Crippen LogP contribution in [0.4, 0.5) is 0 Å². The molecule has 0 spiro atoms. The van der Waals surface area contributed by atoms with Gasteiger partial charge in [-0.3, -0.25) is 9.36 Å². The van der Waals surface area contributed by atoms with Crippen molar-refractivity contribution in [1.29, 1.82) is 0 Å². The van der Waals surface area contributed by atoms with Crippen LogP contribution in [0.2, 0.25) is 10.0 Å². The van der Waals surface area contributed by atoms with Gasteiger partial charge in [0.1, 0.15) is 6.04 Å². The topological polar surface area (TPSA) is 64.2 Å². The van der Waals surface area contributed by atoms with E-state index in [2.05, 4.69) is 5.32 Å². The molecule has 0 saturated heterocycles. The monoisotopic (exact) mass is 364 g/mol. The molecule has 1 N–H and O–H groups in total. The maximum Gasteiger partial charge on any atom is 0.420 e. The van der Waals surface area contributed by atoms with Crippen LogP contribution in [-0.4, -0.2) is 10.5 Å². The van der Waals surface area contributed by atoms with Gasteiger partial charge in [0.05, 0.1) is 5.52 Å². The Hall–Kier alpha value is -2.24. The fourth-order valence-electron chi connectivity index (χ4n) is 2.46. The van der Waals surface area contributed by atoms with Crippen LogP contribution in [0.15, 0.2) is 51.7 Å². The number of carbonyl (C=O) groups excluding carboxylic acids is 1. The van der Waals surface area contributed by atoms with Gasteiger partial charge in [-0.15, -0.1) is 0 Å². The predicted octanol–water partition coefficient (Wildman–Crippen LogP) is 3.78. The van der Waals surface area contributed by atoms with Crippen molar-refractivity contribution in [3.05, 3.63) is 68.6 Å². The van der Waals surface area contributed by atoms with Gasteiger partial charge < -0.3 is 9.73 Å². The summed E-state index contributed by atoms with van der Waals surface area (Å²) in [4.78, 5) is 24.4. The fourth-order valence-corrected chi connectivity index (χ4v) is 2.94. The molecule has 124 valence electrons. The highest BCUT2D eigenvalue weighted by atomic mass is 35.5. The number of rotatable bonds is 4. The summed E-state index contributed by atoms with van der Waals surface area (Å²) in [5, 5.41) is 3.77. The van der Waals surface area contributed by atoms with Crippen molar-refractivity contribution in [2.24, 2.45) is 0 Å². The van der Waals surface area contributed by atoms with Gasteiger partial charge in [0.15, 0.2) is 5.58 Å². The molecule has 3 rings (SSSR count). The number of oxazole rings is 1. The lowest BCUT2D eigenvalue weighted by molar-refractivity contribution is -0.124. The van der Waals surface area contributed by atoms with Gasteiger partial charge in [-0.05, 0) is 36.8 Å². The van der Waals surface area contributed by atoms with Gasteiger partial charge in [0.2, 0.25) is 5.91 Å². The zero-order valence-corrected chi connectivity index (χ0v) is 14.3. The van der Waals surface area contributed by atoms with E-state index in [-0.39, 0.29) is 12.5 Å². The molecule has 0 aliphatic rings. The average Bonchev–Trinajstić information content (AvgIpc) is 2.88. The molecule has 0 fully saturated rings. The van der Waals surface area contributed by atoms with Crippen LogP contribution in [0.25, 0.3) is 11.1 Å². The highest BCUT2D eigenvalue weighted by Gasteiger charge is 2.21. The van der Waals surface area contributed by atoms with E-state index in [1.165, 1.54) is 4.57 Å². The van der Waals surface area contributed by atoms with E-state index in [9.17, 15) is 9.59 Å². The molecule has 0 saturated carbocycles. The molecule has 0 aliphatic carbocycles. The van der Waals surface area contributed by atoms with Crippen molar-refractivity contribution in [3.63, 3.8) is 0 Å². The highest BCUT2D eigenvalue weighted by Crippen LogP contribution is 2.21. The smallest absolute Gasteiger partial charge is 0.408 e. The molecule has 0 aliphatic heterocycles. The van der Waals surface area contributed by atoms with Crippen LogP contribution < -0.4 is 11.1 Å². The van der Waals surface area contributed by atoms with E-state index in [0.717, 1.165) is 5.56 Å². The standard InChI is InChI=1S/C17H14Cl2N2O3/c1-10(21-14-4-2-3-5-15(14)24-17(21)23)16(22)20-9-11-6-7-12(18)8-13(11)19/h2-8,10H,9H2,1H3,(H,20,22). The van der Waals surface area contributed by atoms with Gasteiger partial charge >= 0.3 is 5.76 Å². The van der Waals surface area contributed by atoms with Crippen LogP contribution in [-0.2, 0) is 11.3 Å². The summed E-state index contributed by atoms with van der Waals surface area (Å²) in [5.41, 5.74) is 1.77. The summed E-state index contributed by atoms with van der Waals surface area (Å²) >= 11 is 11.9. The summed E-state index contributed by atoms with van der Waals surface area (Å²) in [6.45, 7) is 1.88. The summed E-state index contributed by atoms with van der Waals surface area (Å²) in [5.74, 6) is -0.877. The van der Waals surface area contributed by atoms with Crippen molar-refractivity contribution in [2.45, 2.75) is 19.5 Å². The third-order valence-electron chi connectivity index (χ3n) is 3.75. The molecule has 1 unspecified atom stereocenters. The third kappa shape index (κ3) is 3.18. The minimum atomic E-state index is -0.716. The zero-order valence-electron chi connectivity index (χ0n) is 12.8. The van der Waals surface area contributed by atoms with Crippen molar-refractivity contribution in [1.82, 2.24) is 9.88 Å². The first-order chi connectivity index (χ1) is 11.5. The minimum absolute atomic E-state index is 0.240. The van der Waals surface area contributed by atoms with Crippen LogP contribution in [0.1, 0.15) is 18.5 Å². The van der Waals surface area contributed by atoms with Crippen LogP contribution in [0.3, 0.4) is 0 Å². The minimum Gasteiger partial charge on any atom is -0.408 e. The Kier molecular flexibility index (Phi) is 4.64. The lowest BCUT2D eigenvalue weighted by Crippen LogP contribution is -2.34. The Balaban J connectivity index is 1.79. The Morgan fingerprint density at radius 1 is 1.25 bits per heavy atom. The molecule has 0 radical (unpaired) electrons. The zero-order chi connectivity index (χ0) is 17.3. The van der Waals surface area contributed by atoms with Gasteiger partial charge in [-0.2, -0.15) is 0 Å². The number of fused-ring (bicyclic) bond motifs is 1.